The predicted octanol–water partition coefficient (Wildman–Crippen LogP) is 2.36. The Hall–Kier alpha value is -1.27. The van der Waals surface area contributed by atoms with Gasteiger partial charge >= 0.3 is 0 Å². The highest BCUT2D eigenvalue weighted by Crippen LogP contribution is 2.52. The SMILES string of the molecule is O=[N+]([O-])c1ccc2c3c1C1CNCCC1N3CCCS2. The molecule has 0 radical (unpaired) electrons. The number of anilines is 1. The third-order valence-electron chi connectivity index (χ3n) is 4.66. The molecule has 106 valence electrons. The summed E-state index contributed by atoms with van der Waals surface area (Å²) < 4.78 is 0. The second-order valence-corrected chi connectivity index (χ2v) is 6.80. The molecule has 1 aromatic rings. The average Bonchev–Trinajstić information content (AvgIpc) is 2.64. The van der Waals surface area contributed by atoms with Gasteiger partial charge in [-0.1, -0.05) is 0 Å². The second kappa shape index (κ2) is 4.63. The van der Waals surface area contributed by atoms with E-state index in [0.717, 1.165) is 43.8 Å². The van der Waals surface area contributed by atoms with Crippen LogP contribution in [-0.2, 0) is 0 Å². The standard InChI is InChI=1S/C14H17N3O2S/c18-17(19)11-2-3-12-14-13(11)9-8-15-5-4-10(9)16(14)6-1-7-20-12/h2-3,9-10,15H,1,4-8H2. The Kier molecular flexibility index (Phi) is 2.89. The number of nitro groups is 1. The van der Waals surface area contributed by atoms with Crippen molar-refractivity contribution in [3.63, 3.8) is 0 Å². The first-order valence-electron chi connectivity index (χ1n) is 7.19. The monoisotopic (exact) mass is 291 g/mol. The molecular formula is C14H17N3O2S. The van der Waals surface area contributed by atoms with Gasteiger partial charge in [-0.3, -0.25) is 10.1 Å². The molecule has 1 N–H and O–H groups in total. The molecule has 3 heterocycles. The summed E-state index contributed by atoms with van der Waals surface area (Å²) in [4.78, 5) is 14.9. The summed E-state index contributed by atoms with van der Waals surface area (Å²) in [6, 6.07) is 4.11. The van der Waals surface area contributed by atoms with Gasteiger partial charge in [0.05, 0.1) is 16.2 Å². The third-order valence-corrected chi connectivity index (χ3v) is 5.79. The first-order chi connectivity index (χ1) is 9.77. The number of benzene rings is 1. The van der Waals surface area contributed by atoms with Gasteiger partial charge in [-0.15, -0.1) is 11.8 Å². The summed E-state index contributed by atoms with van der Waals surface area (Å²) in [6.45, 7) is 2.92. The van der Waals surface area contributed by atoms with Crippen molar-refractivity contribution in [2.45, 2.75) is 29.7 Å². The molecule has 3 aliphatic heterocycles. The van der Waals surface area contributed by atoms with Crippen LogP contribution in [0.5, 0.6) is 0 Å². The van der Waals surface area contributed by atoms with E-state index < -0.39 is 0 Å². The Morgan fingerprint density at radius 3 is 3.20 bits per heavy atom. The van der Waals surface area contributed by atoms with Gasteiger partial charge < -0.3 is 10.2 Å². The van der Waals surface area contributed by atoms with E-state index in [1.807, 2.05) is 17.8 Å². The molecule has 4 rings (SSSR count). The fourth-order valence-electron chi connectivity index (χ4n) is 3.89. The summed E-state index contributed by atoms with van der Waals surface area (Å²) in [7, 11) is 0. The molecule has 0 aromatic heterocycles. The molecule has 0 saturated carbocycles. The smallest absolute Gasteiger partial charge is 0.275 e. The molecular weight excluding hydrogens is 274 g/mol. The van der Waals surface area contributed by atoms with Gasteiger partial charge in [0, 0.05) is 36.0 Å². The molecule has 0 amide bonds. The third kappa shape index (κ3) is 1.67. The van der Waals surface area contributed by atoms with E-state index >= 15 is 0 Å². The van der Waals surface area contributed by atoms with Crippen molar-refractivity contribution in [2.75, 3.05) is 30.3 Å². The zero-order chi connectivity index (χ0) is 13.7. The van der Waals surface area contributed by atoms with Crippen molar-refractivity contribution in [3.8, 4) is 0 Å². The molecule has 2 atom stereocenters. The van der Waals surface area contributed by atoms with Gasteiger partial charge in [-0.25, -0.2) is 0 Å². The molecule has 1 saturated heterocycles. The molecule has 3 aliphatic rings. The van der Waals surface area contributed by atoms with E-state index in [1.165, 1.54) is 10.6 Å². The summed E-state index contributed by atoms with van der Waals surface area (Å²) in [5.41, 5.74) is 2.46. The van der Waals surface area contributed by atoms with Crippen LogP contribution in [-0.4, -0.2) is 36.4 Å². The molecule has 5 nitrogen and oxygen atoms in total. The van der Waals surface area contributed by atoms with Gasteiger partial charge in [-0.2, -0.15) is 0 Å². The van der Waals surface area contributed by atoms with Crippen LogP contribution < -0.4 is 10.2 Å². The van der Waals surface area contributed by atoms with Crippen LogP contribution in [0.15, 0.2) is 17.0 Å². The number of fused-ring (bicyclic) bond motifs is 3. The molecule has 0 spiro atoms. The lowest BCUT2D eigenvalue weighted by atomic mass is 9.89. The van der Waals surface area contributed by atoms with Gasteiger partial charge in [-0.05, 0) is 31.2 Å². The number of nitrogens with one attached hydrogen (secondary N) is 1. The minimum atomic E-state index is -0.208. The van der Waals surface area contributed by atoms with Crippen molar-refractivity contribution in [2.24, 2.45) is 0 Å². The fourth-order valence-corrected chi connectivity index (χ4v) is 4.91. The van der Waals surface area contributed by atoms with E-state index in [1.54, 1.807) is 6.07 Å². The zero-order valence-electron chi connectivity index (χ0n) is 11.2. The maximum atomic E-state index is 11.4. The van der Waals surface area contributed by atoms with Crippen LogP contribution in [0.25, 0.3) is 0 Å². The summed E-state index contributed by atoms with van der Waals surface area (Å²) in [5, 5.41) is 14.8. The predicted molar refractivity (Wildman–Crippen MR) is 79.8 cm³/mol. The summed E-state index contributed by atoms with van der Waals surface area (Å²) in [5.74, 6) is 1.38. The van der Waals surface area contributed by atoms with E-state index in [-0.39, 0.29) is 10.8 Å². The molecule has 1 fully saturated rings. The topological polar surface area (TPSA) is 58.4 Å². The highest BCUT2D eigenvalue weighted by molar-refractivity contribution is 7.99. The summed E-state index contributed by atoms with van der Waals surface area (Å²) in [6.07, 6.45) is 2.24. The molecule has 2 unspecified atom stereocenters. The Bertz CT molecular complexity index is 578. The Morgan fingerprint density at radius 1 is 1.45 bits per heavy atom. The van der Waals surface area contributed by atoms with E-state index in [2.05, 4.69) is 10.2 Å². The van der Waals surface area contributed by atoms with E-state index in [9.17, 15) is 10.1 Å². The van der Waals surface area contributed by atoms with Gasteiger partial charge in [0.1, 0.15) is 0 Å². The number of rotatable bonds is 1. The van der Waals surface area contributed by atoms with Crippen molar-refractivity contribution < 1.29 is 4.92 Å². The fraction of sp³-hybridized carbons (Fsp3) is 0.571. The normalized spacial score (nSPS) is 27.7. The quantitative estimate of drug-likeness (QED) is 0.636. The highest BCUT2D eigenvalue weighted by atomic mass is 32.2. The Balaban J connectivity index is 1.94. The molecule has 0 bridgehead atoms. The molecule has 1 aromatic carbocycles. The van der Waals surface area contributed by atoms with Crippen molar-refractivity contribution >= 4 is 23.1 Å². The number of hydrogen-bond acceptors (Lipinski definition) is 5. The van der Waals surface area contributed by atoms with Crippen LogP contribution in [0.1, 0.15) is 24.3 Å². The maximum absolute atomic E-state index is 11.4. The number of nitrogens with zero attached hydrogens (tertiary/aromatic N) is 2. The lowest BCUT2D eigenvalue weighted by molar-refractivity contribution is -0.385. The average molecular weight is 291 g/mol. The van der Waals surface area contributed by atoms with Crippen molar-refractivity contribution in [1.29, 1.82) is 0 Å². The zero-order valence-corrected chi connectivity index (χ0v) is 12.0. The number of nitro benzene ring substituents is 1. The van der Waals surface area contributed by atoms with Gasteiger partial charge in [0.2, 0.25) is 0 Å². The van der Waals surface area contributed by atoms with Gasteiger partial charge in [0.15, 0.2) is 0 Å². The molecule has 20 heavy (non-hydrogen) atoms. The largest absolute Gasteiger partial charge is 0.366 e. The minimum Gasteiger partial charge on any atom is -0.366 e. The number of thioether (sulfide) groups is 1. The van der Waals surface area contributed by atoms with E-state index in [0.29, 0.717) is 11.7 Å². The van der Waals surface area contributed by atoms with Crippen molar-refractivity contribution in [1.82, 2.24) is 5.32 Å². The molecule has 0 aliphatic carbocycles. The van der Waals surface area contributed by atoms with Gasteiger partial charge in [0.25, 0.3) is 5.69 Å². The van der Waals surface area contributed by atoms with Crippen LogP contribution >= 0.6 is 11.8 Å². The minimum absolute atomic E-state index is 0.208. The van der Waals surface area contributed by atoms with E-state index in [4.69, 9.17) is 0 Å². The number of piperidine rings is 1. The number of hydrogen-bond donors (Lipinski definition) is 1. The molecule has 6 heteroatoms. The van der Waals surface area contributed by atoms with Crippen LogP contribution in [0.2, 0.25) is 0 Å². The lowest BCUT2D eigenvalue weighted by Crippen LogP contribution is -2.44. The van der Waals surface area contributed by atoms with Crippen molar-refractivity contribution in [3.05, 3.63) is 27.8 Å². The van der Waals surface area contributed by atoms with Crippen LogP contribution in [0.3, 0.4) is 0 Å². The Morgan fingerprint density at radius 2 is 2.35 bits per heavy atom. The van der Waals surface area contributed by atoms with Crippen LogP contribution in [0.4, 0.5) is 11.4 Å². The van der Waals surface area contributed by atoms with Crippen LogP contribution in [0, 0.1) is 10.1 Å². The second-order valence-electron chi connectivity index (χ2n) is 5.66. The Labute approximate surface area is 121 Å². The highest BCUT2D eigenvalue weighted by Gasteiger charge is 2.45. The first-order valence-corrected chi connectivity index (χ1v) is 8.17. The lowest BCUT2D eigenvalue weighted by Gasteiger charge is -2.33. The summed E-state index contributed by atoms with van der Waals surface area (Å²) >= 11 is 1.85. The maximum Gasteiger partial charge on any atom is 0.275 e. The first kappa shape index (κ1) is 12.5.